The van der Waals surface area contributed by atoms with Gasteiger partial charge in [0.2, 0.25) is 12.8 Å². The highest BCUT2D eigenvalue weighted by Crippen LogP contribution is 2.40. The zero-order chi connectivity index (χ0) is 32.8. The van der Waals surface area contributed by atoms with Crippen LogP contribution in [-0.2, 0) is 23.7 Å². The monoisotopic (exact) mass is 842 g/mol. The largest absolute Gasteiger partial charge is 0.446 e. The molecule has 2 saturated heterocycles. The Labute approximate surface area is 273 Å². The average molecular weight is 843 g/mol. The third kappa shape index (κ3) is 10.1. The second-order valence-corrected chi connectivity index (χ2v) is 16.2. The molecule has 4 aliphatic rings. The van der Waals surface area contributed by atoms with Crippen LogP contribution in [-0.4, -0.2) is 125 Å². The predicted molar refractivity (Wildman–Crippen MR) is 175 cm³/mol. The molecule has 43 heavy (non-hydrogen) atoms. The highest BCUT2D eigenvalue weighted by molar-refractivity contribution is 15.0. The Morgan fingerprint density at radius 1 is 0.814 bits per heavy atom. The molecule has 0 spiro atoms. The maximum Gasteiger partial charge on any atom is 0.425 e. The molecule has 4 rings (SSSR count). The van der Waals surface area contributed by atoms with E-state index in [-0.39, 0.29) is 48.3 Å². The summed E-state index contributed by atoms with van der Waals surface area (Å²) in [6.45, 7) is 14.2. The van der Waals surface area contributed by atoms with Gasteiger partial charge >= 0.3 is 12.2 Å². The SMILES string of the molecule is C=II.CC(C)OC(=O)N1C2CC(=O)C(C2)N1C(O)OC(C)C.CC(C)OC(=O)N1C2CC(O)C(C2)N1C(O)OC(C)C. The number of hydrogen-bond donors (Lipinski definition) is 3. The van der Waals surface area contributed by atoms with Gasteiger partial charge in [-0.25, -0.2) is 19.6 Å². The number of fused-ring (bicyclic) bond motifs is 4. The lowest BCUT2D eigenvalue weighted by molar-refractivity contribution is -0.282. The van der Waals surface area contributed by atoms with Gasteiger partial charge in [-0.1, -0.05) is 21.3 Å². The zero-order valence-electron chi connectivity index (χ0n) is 26.1. The predicted octanol–water partition coefficient (Wildman–Crippen LogP) is 3.26. The Balaban J connectivity index is 0.000000275. The molecule has 2 saturated carbocycles. The number of Topliss-reactive ketones (excluding diaryl/α,β-unsaturated/α-hetero) is 1. The Kier molecular flexibility index (Phi) is 15.4. The van der Waals surface area contributed by atoms with Crippen molar-refractivity contribution in [2.24, 2.45) is 0 Å². The van der Waals surface area contributed by atoms with Crippen LogP contribution in [0.25, 0.3) is 0 Å². The van der Waals surface area contributed by atoms with Crippen molar-refractivity contribution >= 4 is 57.9 Å². The van der Waals surface area contributed by atoms with Gasteiger partial charge in [0, 0.05) is 6.42 Å². The van der Waals surface area contributed by atoms with E-state index in [0.29, 0.717) is 42.4 Å². The summed E-state index contributed by atoms with van der Waals surface area (Å²) in [5, 5.41) is 35.7. The summed E-state index contributed by atoms with van der Waals surface area (Å²) in [7, 11) is 0. The molecule has 2 heterocycles. The minimum atomic E-state index is -1.33. The van der Waals surface area contributed by atoms with E-state index in [4.69, 9.17) is 18.9 Å². The summed E-state index contributed by atoms with van der Waals surface area (Å²) < 4.78 is 24.6. The molecule has 2 aliphatic heterocycles. The third-order valence-electron chi connectivity index (χ3n) is 6.91. The maximum atomic E-state index is 12.2. The minimum absolute atomic E-state index is 0.0232. The van der Waals surface area contributed by atoms with Crippen molar-refractivity contribution in [3.63, 3.8) is 0 Å². The van der Waals surface area contributed by atoms with Crippen LogP contribution in [0.15, 0.2) is 0 Å². The van der Waals surface area contributed by atoms with Gasteiger partial charge in [-0.05, 0) is 93.3 Å². The molecule has 2 aliphatic carbocycles. The Morgan fingerprint density at radius 3 is 1.70 bits per heavy atom. The molecule has 3 N–H and O–H groups in total. The number of hydrazine groups is 2. The number of aliphatic hydroxyl groups is 3. The van der Waals surface area contributed by atoms with Gasteiger partial charge in [0.1, 0.15) is 0 Å². The van der Waals surface area contributed by atoms with E-state index in [1.54, 1.807) is 55.4 Å². The highest BCUT2D eigenvalue weighted by Gasteiger charge is 2.56. The molecule has 16 heteroatoms. The number of nitrogens with zero attached hydrogens (tertiary/aromatic N) is 4. The van der Waals surface area contributed by atoms with Gasteiger partial charge < -0.3 is 34.3 Å². The van der Waals surface area contributed by atoms with E-state index in [1.165, 1.54) is 20.0 Å². The number of ketones is 1. The van der Waals surface area contributed by atoms with E-state index >= 15 is 0 Å². The van der Waals surface area contributed by atoms with E-state index in [9.17, 15) is 29.7 Å². The molecular formula is C27H48I2N4O10. The molecule has 250 valence electrons. The molecule has 2 amide bonds. The highest BCUT2D eigenvalue weighted by atomic mass is 128. The number of rotatable bonds is 8. The fourth-order valence-electron chi connectivity index (χ4n) is 5.56. The first-order valence-electron chi connectivity index (χ1n) is 14.5. The van der Waals surface area contributed by atoms with Crippen molar-refractivity contribution in [3.05, 3.63) is 0 Å². The van der Waals surface area contributed by atoms with Crippen molar-refractivity contribution < 1.29 is 48.7 Å². The first-order chi connectivity index (χ1) is 20.0. The lowest BCUT2D eigenvalue weighted by atomic mass is 10.2. The molecule has 7 atom stereocenters. The number of amides is 2. The molecule has 0 aromatic rings. The van der Waals surface area contributed by atoms with Gasteiger partial charge in [-0.3, -0.25) is 4.79 Å². The quantitative estimate of drug-likeness (QED) is 0.242. The Hall–Kier alpha value is -0.740. The zero-order valence-corrected chi connectivity index (χ0v) is 30.4. The fourth-order valence-corrected chi connectivity index (χ4v) is 5.56. The molecule has 7 unspecified atom stereocenters. The molecule has 4 bridgehead atoms. The second-order valence-electron chi connectivity index (χ2n) is 11.8. The van der Waals surface area contributed by atoms with Crippen molar-refractivity contribution in [1.29, 1.82) is 0 Å². The first kappa shape index (κ1) is 38.4. The van der Waals surface area contributed by atoms with Gasteiger partial charge in [0.25, 0.3) is 0 Å². The van der Waals surface area contributed by atoms with Crippen molar-refractivity contribution in [3.8, 4) is 0 Å². The van der Waals surface area contributed by atoms with Gasteiger partial charge in [0.15, 0.2) is 5.78 Å². The van der Waals surface area contributed by atoms with Gasteiger partial charge in [-0.2, -0.15) is 10.0 Å². The molecule has 0 aromatic carbocycles. The van der Waals surface area contributed by atoms with Gasteiger partial charge in [0.05, 0.1) is 54.7 Å². The summed E-state index contributed by atoms with van der Waals surface area (Å²) in [4.78, 5) is 36.1. The van der Waals surface area contributed by atoms with Crippen LogP contribution in [0.1, 0.15) is 81.1 Å². The fraction of sp³-hybridized carbons (Fsp3) is 0.852. The minimum Gasteiger partial charge on any atom is -0.446 e. The third-order valence-corrected chi connectivity index (χ3v) is 6.91. The van der Waals surface area contributed by atoms with Crippen molar-refractivity contribution in [2.45, 2.75) is 149 Å². The standard InChI is InChI=1S/C13H24N2O5.C13H22N2O5.CH2I2/c2*1-7(2)19-12(17)14-9-5-10(11(16)6-9)15(14)13(18)20-8(3)4;1-3-2/h7-11,13,16,18H,5-6H2,1-4H3;7-10,13,18H,5-6H2,1-4H3;1H2. The number of halogens is 2. The lowest BCUT2D eigenvalue weighted by Gasteiger charge is -2.41. The van der Waals surface area contributed by atoms with E-state index in [1.807, 2.05) is 0 Å². The van der Waals surface area contributed by atoms with Crippen molar-refractivity contribution in [1.82, 2.24) is 20.0 Å². The molecular weight excluding hydrogens is 794 g/mol. The Bertz CT molecular complexity index is 959. The first-order valence-corrected chi connectivity index (χ1v) is 22.3. The van der Waals surface area contributed by atoms with Crippen LogP contribution in [0.5, 0.6) is 0 Å². The van der Waals surface area contributed by atoms with Crippen LogP contribution in [0.4, 0.5) is 9.59 Å². The van der Waals surface area contributed by atoms with Gasteiger partial charge in [-0.15, -0.1) is 0 Å². The molecule has 4 fully saturated rings. The number of aliphatic hydroxyl groups excluding tert-OH is 3. The van der Waals surface area contributed by atoms with E-state index < -0.39 is 37.2 Å². The van der Waals surface area contributed by atoms with Crippen LogP contribution in [0.3, 0.4) is 0 Å². The summed E-state index contributed by atoms with van der Waals surface area (Å²) >= 11 is 2.60. The summed E-state index contributed by atoms with van der Waals surface area (Å²) in [5.41, 5.74) is 0. The van der Waals surface area contributed by atoms with Crippen molar-refractivity contribution in [2.75, 3.05) is 0 Å². The number of carbonyl (C=O) groups excluding carboxylic acids is 3. The molecule has 0 aromatic heterocycles. The normalized spacial score (nSPS) is 27.9. The summed E-state index contributed by atoms with van der Waals surface area (Å²) in [6, 6.07) is -1.21. The molecule has 0 radical (unpaired) electrons. The Morgan fingerprint density at radius 2 is 1.26 bits per heavy atom. The summed E-state index contributed by atoms with van der Waals surface area (Å²) in [5.74, 6) is 0.0232. The second kappa shape index (κ2) is 17.3. The van der Waals surface area contributed by atoms with E-state index in [0.717, 1.165) is 0 Å². The van der Waals surface area contributed by atoms with Crippen LogP contribution < -0.4 is 0 Å². The maximum absolute atomic E-state index is 12.2. The average Bonchev–Trinajstić information content (AvgIpc) is 3.61. The number of hydrogen-bond acceptors (Lipinski definition) is 12. The topological polar surface area (TPSA) is 162 Å². The van der Waals surface area contributed by atoms with Crippen LogP contribution in [0, 0.1) is 0 Å². The number of carbonyl (C=O) groups is 3. The number of ether oxygens (including phenoxy) is 4. The smallest absolute Gasteiger partial charge is 0.425 e. The van der Waals surface area contributed by atoms with E-state index in [2.05, 4.69) is 23.1 Å². The van der Waals surface area contributed by atoms with Crippen LogP contribution in [0.2, 0.25) is 0 Å². The van der Waals surface area contributed by atoms with Crippen LogP contribution >= 0.6 is 35.4 Å². The molecule has 14 nitrogen and oxygen atoms in total. The summed E-state index contributed by atoms with van der Waals surface area (Å²) in [6.07, 6.45) is -3.17. The lowest BCUT2D eigenvalue weighted by Crippen LogP contribution is -2.59.